The van der Waals surface area contributed by atoms with Gasteiger partial charge in [-0.05, 0) is 33.1 Å². The zero-order valence-corrected chi connectivity index (χ0v) is 11.0. The Hall–Kier alpha value is -0.650. The lowest BCUT2D eigenvalue weighted by Crippen LogP contribution is -2.51. The van der Waals surface area contributed by atoms with Gasteiger partial charge in [0.25, 0.3) is 0 Å². The van der Waals surface area contributed by atoms with E-state index in [1.807, 2.05) is 6.92 Å². The van der Waals surface area contributed by atoms with E-state index in [0.717, 1.165) is 6.54 Å². The molecule has 0 aliphatic heterocycles. The molecule has 0 aromatic heterocycles. The lowest BCUT2D eigenvalue weighted by Gasteiger charge is -2.33. The van der Waals surface area contributed by atoms with Crippen LogP contribution in [0.25, 0.3) is 0 Å². The van der Waals surface area contributed by atoms with Gasteiger partial charge in [0.15, 0.2) is 0 Å². The Morgan fingerprint density at radius 3 is 2.65 bits per heavy atom. The van der Waals surface area contributed by atoms with Gasteiger partial charge in [-0.3, -0.25) is 9.69 Å². The van der Waals surface area contributed by atoms with Crippen LogP contribution in [0.4, 0.5) is 0 Å². The highest BCUT2D eigenvalue weighted by Gasteiger charge is 2.37. The molecule has 3 N–H and O–H groups in total. The lowest BCUT2D eigenvalue weighted by atomic mass is 9.94. The van der Waals surface area contributed by atoms with Crippen LogP contribution in [0.1, 0.15) is 33.1 Å². The zero-order valence-electron chi connectivity index (χ0n) is 11.0. The third kappa shape index (κ3) is 4.26. The SMILES string of the molecule is COCCN(C(C)CC(C)(N)C(=O)O)C1CC1. The van der Waals surface area contributed by atoms with E-state index >= 15 is 0 Å². The molecule has 5 heteroatoms. The largest absolute Gasteiger partial charge is 0.480 e. The number of carboxylic acid groups (broad SMARTS) is 1. The molecule has 1 rings (SSSR count). The number of nitrogens with zero attached hydrogens (tertiary/aromatic N) is 1. The minimum Gasteiger partial charge on any atom is -0.480 e. The van der Waals surface area contributed by atoms with Crippen molar-refractivity contribution in [3.63, 3.8) is 0 Å². The van der Waals surface area contributed by atoms with Gasteiger partial charge >= 0.3 is 5.97 Å². The molecule has 0 heterocycles. The minimum absolute atomic E-state index is 0.170. The van der Waals surface area contributed by atoms with Crippen LogP contribution in [0.15, 0.2) is 0 Å². The topological polar surface area (TPSA) is 75.8 Å². The van der Waals surface area contributed by atoms with E-state index in [9.17, 15) is 4.79 Å². The van der Waals surface area contributed by atoms with Gasteiger partial charge in [-0.15, -0.1) is 0 Å². The first-order chi connectivity index (χ1) is 7.88. The molecule has 0 aromatic carbocycles. The summed E-state index contributed by atoms with van der Waals surface area (Å²) in [6.45, 7) is 5.14. The van der Waals surface area contributed by atoms with Gasteiger partial charge in [0, 0.05) is 25.7 Å². The van der Waals surface area contributed by atoms with Crippen molar-refractivity contribution in [1.82, 2.24) is 4.90 Å². The Morgan fingerprint density at radius 2 is 2.24 bits per heavy atom. The number of aliphatic carboxylic acids is 1. The van der Waals surface area contributed by atoms with Gasteiger partial charge < -0.3 is 15.6 Å². The van der Waals surface area contributed by atoms with Crippen molar-refractivity contribution in [3.8, 4) is 0 Å². The van der Waals surface area contributed by atoms with E-state index in [1.54, 1.807) is 14.0 Å². The monoisotopic (exact) mass is 244 g/mol. The Labute approximate surface area is 103 Å². The number of carboxylic acids is 1. The lowest BCUT2D eigenvalue weighted by molar-refractivity contribution is -0.143. The molecule has 1 fully saturated rings. The molecular weight excluding hydrogens is 220 g/mol. The fourth-order valence-electron chi connectivity index (χ4n) is 2.18. The molecule has 100 valence electrons. The van der Waals surface area contributed by atoms with Gasteiger partial charge in [-0.25, -0.2) is 0 Å². The Balaban J connectivity index is 2.52. The van der Waals surface area contributed by atoms with E-state index < -0.39 is 11.5 Å². The van der Waals surface area contributed by atoms with E-state index in [0.29, 0.717) is 19.1 Å². The van der Waals surface area contributed by atoms with E-state index in [2.05, 4.69) is 4.90 Å². The molecule has 2 unspecified atom stereocenters. The molecule has 0 aromatic rings. The van der Waals surface area contributed by atoms with Gasteiger partial charge in [0.05, 0.1) is 6.61 Å². The molecule has 0 amide bonds. The molecule has 2 atom stereocenters. The number of hydrogen-bond donors (Lipinski definition) is 2. The summed E-state index contributed by atoms with van der Waals surface area (Å²) in [6.07, 6.45) is 2.85. The second-order valence-electron chi connectivity index (χ2n) is 5.24. The highest BCUT2D eigenvalue weighted by molar-refractivity contribution is 5.77. The highest BCUT2D eigenvalue weighted by Crippen LogP contribution is 2.30. The van der Waals surface area contributed by atoms with Crippen LogP contribution < -0.4 is 5.73 Å². The van der Waals surface area contributed by atoms with Gasteiger partial charge in [-0.2, -0.15) is 0 Å². The quantitative estimate of drug-likeness (QED) is 0.656. The fourth-order valence-corrected chi connectivity index (χ4v) is 2.18. The van der Waals surface area contributed by atoms with Crippen molar-refractivity contribution >= 4 is 5.97 Å². The Morgan fingerprint density at radius 1 is 1.65 bits per heavy atom. The third-order valence-corrected chi connectivity index (χ3v) is 3.34. The number of rotatable bonds is 8. The van der Waals surface area contributed by atoms with Gasteiger partial charge in [0.1, 0.15) is 5.54 Å². The van der Waals surface area contributed by atoms with Crippen LogP contribution >= 0.6 is 0 Å². The molecule has 0 saturated heterocycles. The number of ether oxygens (including phenoxy) is 1. The number of carbonyl (C=O) groups is 1. The highest BCUT2D eigenvalue weighted by atomic mass is 16.5. The second kappa shape index (κ2) is 5.80. The molecule has 5 nitrogen and oxygen atoms in total. The maximum atomic E-state index is 11.0. The molecule has 0 spiro atoms. The van der Waals surface area contributed by atoms with E-state index in [-0.39, 0.29) is 6.04 Å². The number of nitrogens with two attached hydrogens (primary N) is 1. The van der Waals surface area contributed by atoms with Crippen LogP contribution in [0.3, 0.4) is 0 Å². The summed E-state index contributed by atoms with van der Waals surface area (Å²) in [5.41, 5.74) is 4.64. The standard InChI is InChI=1S/C12H24N2O3/c1-9(8-12(2,13)11(15)16)14(6-7-17-3)10-4-5-10/h9-10H,4-8,13H2,1-3H3,(H,15,16). The molecule has 17 heavy (non-hydrogen) atoms. The summed E-state index contributed by atoms with van der Waals surface area (Å²) < 4.78 is 5.09. The predicted octanol–water partition coefficient (Wildman–Crippen LogP) is 0.678. The van der Waals surface area contributed by atoms with Crippen LogP contribution in [0.5, 0.6) is 0 Å². The van der Waals surface area contributed by atoms with Crippen LogP contribution in [0.2, 0.25) is 0 Å². The molecule has 1 saturated carbocycles. The first-order valence-corrected chi connectivity index (χ1v) is 6.15. The van der Waals surface area contributed by atoms with Crippen LogP contribution in [-0.2, 0) is 9.53 Å². The summed E-state index contributed by atoms with van der Waals surface area (Å²) in [7, 11) is 1.68. The first-order valence-electron chi connectivity index (χ1n) is 6.15. The van der Waals surface area contributed by atoms with Gasteiger partial charge in [-0.1, -0.05) is 0 Å². The maximum absolute atomic E-state index is 11.0. The van der Waals surface area contributed by atoms with Crippen LogP contribution in [-0.4, -0.2) is 53.9 Å². The minimum atomic E-state index is -1.15. The Bertz CT molecular complexity index is 264. The van der Waals surface area contributed by atoms with Crippen molar-refractivity contribution < 1.29 is 14.6 Å². The van der Waals surface area contributed by atoms with Crippen LogP contribution in [0, 0.1) is 0 Å². The normalized spacial score (nSPS) is 21.2. The number of methoxy groups -OCH3 is 1. The summed E-state index contributed by atoms with van der Waals surface area (Å²) in [5, 5.41) is 9.03. The summed E-state index contributed by atoms with van der Waals surface area (Å²) in [5.74, 6) is -0.938. The second-order valence-corrected chi connectivity index (χ2v) is 5.24. The number of hydrogen-bond acceptors (Lipinski definition) is 4. The first kappa shape index (κ1) is 14.4. The smallest absolute Gasteiger partial charge is 0.323 e. The predicted molar refractivity (Wildman–Crippen MR) is 65.9 cm³/mol. The van der Waals surface area contributed by atoms with E-state index in [4.69, 9.17) is 15.6 Å². The maximum Gasteiger partial charge on any atom is 0.323 e. The fraction of sp³-hybridized carbons (Fsp3) is 0.917. The zero-order chi connectivity index (χ0) is 13.1. The molecule has 1 aliphatic carbocycles. The van der Waals surface area contributed by atoms with Crippen molar-refractivity contribution in [1.29, 1.82) is 0 Å². The van der Waals surface area contributed by atoms with Crippen molar-refractivity contribution in [3.05, 3.63) is 0 Å². The summed E-state index contributed by atoms with van der Waals surface area (Å²) in [4.78, 5) is 13.3. The average molecular weight is 244 g/mol. The molecular formula is C12H24N2O3. The third-order valence-electron chi connectivity index (χ3n) is 3.34. The summed E-state index contributed by atoms with van der Waals surface area (Å²) in [6, 6.07) is 0.758. The average Bonchev–Trinajstić information content (AvgIpc) is 3.01. The van der Waals surface area contributed by atoms with Crippen molar-refractivity contribution in [2.75, 3.05) is 20.3 Å². The van der Waals surface area contributed by atoms with Crippen molar-refractivity contribution in [2.24, 2.45) is 5.73 Å². The Kier molecular flexibility index (Phi) is 4.91. The van der Waals surface area contributed by atoms with E-state index in [1.165, 1.54) is 12.8 Å². The molecule has 1 aliphatic rings. The van der Waals surface area contributed by atoms with Crippen molar-refractivity contribution in [2.45, 2.75) is 50.7 Å². The summed E-state index contributed by atoms with van der Waals surface area (Å²) >= 11 is 0. The molecule has 0 radical (unpaired) electrons. The van der Waals surface area contributed by atoms with Gasteiger partial charge in [0.2, 0.25) is 0 Å². The molecule has 0 bridgehead atoms.